The summed E-state index contributed by atoms with van der Waals surface area (Å²) in [7, 11) is 0. The van der Waals surface area contributed by atoms with E-state index in [-0.39, 0.29) is 11.7 Å². The van der Waals surface area contributed by atoms with Crippen LogP contribution in [0.1, 0.15) is 6.92 Å². The Bertz CT molecular complexity index is 209. The molecule has 0 bridgehead atoms. The summed E-state index contributed by atoms with van der Waals surface area (Å²) in [5.41, 5.74) is 0. The predicted molar refractivity (Wildman–Crippen MR) is 46.4 cm³/mol. The second-order valence-corrected chi connectivity index (χ2v) is 2.56. The van der Waals surface area contributed by atoms with E-state index in [0.717, 1.165) is 6.54 Å². The molecule has 1 atom stereocenters. The lowest BCUT2D eigenvalue weighted by atomic mass is 10.1. The maximum atomic E-state index is 11.3. The molecule has 3 nitrogen and oxygen atoms in total. The number of rotatable bonds is 4. The largest absolute Gasteiger partial charge is 0.500 e. The van der Waals surface area contributed by atoms with Gasteiger partial charge in [0.25, 0.3) is 0 Å². The van der Waals surface area contributed by atoms with Crippen molar-refractivity contribution in [3.8, 4) is 0 Å². The van der Waals surface area contributed by atoms with Crippen LogP contribution in [0.25, 0.3) is 0 Å². The number of carbonyl (C=O) groups is 1. The fourth-order valence-electron chi connectivity index (χ4n) is 0.925. The molecular weight excluding hydrogens is 154 g/mol. The lowest BCUT2D eigenvalue weighted by Gasteiger charge is -1.99. The zero-order valence-corrected chi connectivity index (χ0v) is 7.12. The maximum absolute atomic E-state index is 11.3. The van der Waals surface area contributed by atoms with Gasteiger partial charge in [0, 0.05) is 6.54 Å². The third kappa shape index (κ3) is 2.42. The Kier molecular flexibility index (Phi) is 3.38. The molecule has 0 aromatic rings. The average Bonchev–Trinajstić information content (AvgIpc) is 2.56. The van der Waals surface area contributed by atoms with Crippen LogP contribution in [-0.4, -0.2) is 18.9 Å². The molecule has 0 saturated carbocycles. The van der Waals surface area contributed by atoms with Crippen molar-refractivity contribution < 1.29 is 9.53 Å². The number of ether oxygens (including phenoxy) is 1. The van der Waals surface area contributed by atoms with Gasteiger partial charge in [0.2, 0.25) is 0 Å². The van der Waals surface area contributed by atoms with E-state index in [1.807, 2.05) is 6.92 Å². The number of hydrogen-bond acceptors (Lipinski definition) is 3. The van der Waals surface area contributed by atoms with Crippen LogP contribution in [0.15, 0.2) is 24.6 Å². The summed E-state index contributed by atoms with van der Waals surface area (Å²) in [4.78, 5) is 11.3. The van der Waals surface area contributed by atoms with Crippen LogP contribution < -0.4 is 5.32 Å². The van der Waals surface area contributed by atoms with E-state index in [1.165, 1.54) is 0 Å². The predicted octanol–water partition coefficient (Wildman–Crippen LogP) is 0.839. The summed E-state index contributed by atoms with van der Waals surface area (Å²) in [6.45, 7) is 3.30. The minimum atomic E-state index is -0.0834. The second kappa shape index (κ2) is 4.59. The fraction of sp³-hybridized carbons (Fsp3) is 0.444. The lowest BCUT2D eigenvalue weighted by molar-refractivity contribution is -0.117. The van der Waals surface area contributed by atoms with Crippen molar-refractivity contribution in [2.75, 3.05) is 13.2 Å². The van der Waals surface area contributed by atoms with Gasteiger partial charge < -0.3 is 10.1 Å². The second-order valence-electron chi connectivity index (χ2n) is 2.56. The molecule has 1 unspecified atom stereocenters. The molecule has 0 fully saturated rings. The van der Waals surface area contributed by atoms with Gasteiger partial charge >= 0.3 is 0 Å². The van der Waals surface area contributed by atoms with Gasteiger partial charge in [-0.25, -0.2) is 0 Å². The van der Waals surface area contributed by atoms with Gasteiger partial charge in [-0.1, -0.05) is 0 Å². The van der Waals surface area contributed by atoms with Crippen molar-refractivity contribution in [3.63, 3.8) is 0 Å². The molecule has 0 radical (unpaired) electrons. The zero-order valence-electron chi connectivity index (χ0n) is 7.12. The van der Waals surface area contributed by atoms with Gasteiger partial charge in [-0.2, -0.15) is 0 Å². The molecule has 1 heterocycles. The standard InChI is InChI=1S/C9H13NO2/c1-2-10-5-3-9(11)8-4-6-12-7-8/h3-6,8,10H,2,7H2,1H3/b5-3-. The number of allylic oxidation sites excluding steroid dienone is 1. The highest BCUT2D eigenvalue weighted by Crippen LogP contribution is 2.09. The number of hydrogen-bond donors (Lipinski definition) is 1. The molecule has 1 N–H and O–H groups in total. The number of carbonyl (C=O) groups excluding carboxylic acids is 1. The molecule has 0 aliphatic carbocycles. The van der Waals surface area contributed by atoms with Crippen LogP contribution in [0.2, 0.25) is 0 Å². The first kappa shape index (κ1) is 8.84. The van der Waals surface area contributed by atoms with Crippen molar-refractivity contribution >= 4 is 5.78 Å². The van der Waals surface area contributed by atoms with Crippen molar-refractivity contribution in [1.82, 2.24) is 5.32 Å². The summed E-state index contributed by atoms with van der Waals surface area (Å²) in [6.07, 6.45) is 6.57. The van der Waals surface area contributed by atoms with Gasteiger partial charge in [0.1, 0.15) is 6.61 Å². The monoisotopic (exact) mass is 167 g/mol. The molecule has 0 aromatic carbocycles. The zero-order chi connectivity index (χ0) is 8.81. The average molecular weight is 167 g/mol. The van der Waals surface area contributed by atoms with Gasteiger partial charge in [0.05, 0.1) is 12.2 Å². The summed E-state index contributed by atoms with van der Waals surface area (Å²) < 4.78 is 4.93. The third-order valence-corrected chi connectivity index (χ3v) is 1.62. The Balaban J connectivity index is 2.32. The van der Waals surface area contributed by atoms with Crippen molar-refractivity contribution in [2.24, 2.45) is 5.92 Å². The first-order valence-electron chi connectivity index (χ1n) is 4.06. The number of nitrogens with one attached hydrogen (secondary N) is 1. The molecule has 0 amide bonds. The Hall–Kier alpha value is -1.25. The first-order chi connectivity index (χ1) is 5.84. The molecule has 1 aliphatic rings. The Labute approximate surface area is 72.1 Å². The normalized spacial score (nSPS) is 21.2. The van der Waals surface area contributed by atoms with E-state index in [9.17, 15) is 4.79 Å². The van der Waals surface area contributed by atoms with Crippen molar-refractivity contribution in [3.05, 3.63) is 24.6 Å². The Morgan fingerprint density at radius 1 is 1.83 bits per heavy atom. The Morgan fingerprint density at radius 2 is 2.67 bits per heavy atom. The molecule has 66 valence electrons. The quantitative estimate of drug-likeness (QED) is 0.630. The molecule has 12 heavy (non-hydrogen) atoms. The van der Waals surface area contributed by atoms with Crippen LogP contribution in [-0.2, 0) is 9.53 Å². The lowest BCUT2D eigenvalue weighted by Crippen LogP contribution is -2.12. The molecular formula is C9H13NO2. The summed E-state index contributed by atoms with van der Waals surface area (Å²) in [5, 5.41) is 2.94. The van der Waals surface area contributed by atoms with Crippen LogP contribution in [0.4, 0.5) is 0 Å². The summed E-state index contributed by atoms with van der Waals surface area (Å²) in [5.74, 6) is 0.00426. The van der Waals surface area contributed by atoms with Gasteiger partial charge in [0.15, 0.2) is 5.78 Å². The van der Waals surface area contributed by atoms with Crippen molar-refractivity contribution in [2.45, 2.75) is 6.92 Å². The molecule has 1 rings (SSSR count). The smallest absolute Gasteiger partial charge is 0.167 e. The van der Waals surface area contributed by atoms with E-state index in [1.54, 1.807) is 24.6 Å². The van der Waals surface area contributed by atoms with Gasteiger partial charge in [-0.3, -0.25) is 4.79 Å². The van der Waals surface area contributed by atoms with E-state index >= 15 is 0 Å². The van der Waals surface area contributed by atoms with E-state index in [4.69, 9.17) is 4.74 Å². The minimum absolute atomic E-state index is 0.0834. The van der Waals surface area contributed by atoms with E-state index in [2.05, 4.69) is 5.32 Å². The van der Waals surface area contributed by atoms with Crippen LogP contribution in [0.3, 0.4) is 0 Å². The minimum Gasteiger partial charge on any atom is -0.500 e. The SMILES string of the molecule is CCN/C=C\C(=O)C1C=COC1. The van der Waals surface area contributed by atoms with Crippen molar-refractivity contribution in [1.29, 1.82) is 0 Å². The number of ketones is 1. The fourth-order valence-corrected chi connectivity index (χ4v) is 0.925. The first-order valence-corrected chi connectivity index (χ1v) is 4.06. The summed E-state index contributed by atoms with van der Waals surface area (Å²) in [6, 6.07) is 0. The van der Waals surface area contributed by atoms with Crippen LogP contribution in [0.5, 0.6) is 0 Å². The highest BCUT2D eigenvalue weighted by atomic mass is 16.5. The topological polar surface area (TPSA) is 38.3 Å². The van der Waals surface area contributed by atoms with Crippen LogP contribution >= 0.6 is 0 Å². The molecule has 0 aromatic heterocycles. The van der Waals surface area contributed by atoms with Gasteiger partial charge in [-0.05, 0) is 25.3 Å². The highest BCUT2D eigenvalue weighted by Gasteiger charge is 2.16. The molecule has 0 saturated heterocycles. The Morgan fingerprint density at radius 3 is 3.25 bits per heavy atom. The van der Waals surface area contributed by atoms with Crippen LogP contribution in [0, 0.1) is 5.92 Å². The summed E-state index contributed by atoms with van der Waals surface area (Å²) >= 11 is 0. The molecule has 1 aliphatic heterocycles. The van der Waals surface area contributed by atoms with E-state index < -0.39 is 0 Å². The van der Waals surface area contributed by atoms with E-state index in [0.29, 0.717) is 6.61 Å². The third-order valence-electron chi connectivity index (χ3n) is 1.62. The molecule has 3 heteroatoms. The maximum Gasteiger partial charge on any atom is 0.167 e. The van der Waals surface area contributed by atoms with Gasteiger partial charge in [-0.15, -0.1) is 0 Å². The molecule has 0 spiro atoms. The highest BCUT2D eigenvalue weighted by molar-refractivity contribution is 5.93.